The molecule has 1 aromatic rings. The molecule has 1 aromatic heterocycles. The molecule has 4 N–H and O–H groups in total. The van der Waals surface area contributed by atoms with E-state index >= 15 is 0 Å². The highest BCUT2D eigenvalue weighted by molar-refractivity contribution is 7.46. The molecule has 0 spiro atoms. The fraction of sp³-hybridized carbons (Fsp3) is 0.400. The van der Waals surface area contributed by atoms with E-state index in [1.165, 1.54) is 12.5 Å². The van der Waals surface area contributed by atoms with Gasteiger partial charge in [0, 0.05) is 6.42 Å². The van der Waals surface area contributed by atoms with Crippen molar-refractivity contribution in [2.75, 3.05) is 6.54 Å². The van der Waals surface area contributed by atoms with E-state index < -0.39 is 7.82 Å². The summed E-state index contributed by atoms with van der Waals surface area (Å²) in [5.41, 5.74) is 5.87. The summed E-state index contributed by atoms with van der Waals surface area (Å²) in [7, 11) is -4.50. The molecule has 0 unspecified atom stereocenters. The van der Waals surface area contributed by atoms with Gasteiger partial charge in [0.2, 0.25) is 0 Å². The van der Waals surface area contributed by atoms with E-state index in [1.54, 1.807) is 0 Å². The number of phosphoric acid groups is 1. The average Bonchev–Trinajstić information content (AvgIpc) is 2.33. The van der Waals surface area contributed by atoms with Crippen LogP contribution in [0.15, 0.2) is 12.5 Å². The summed E-state index contributed by atoms with van der Waals surface area (Å²) in [6.07, 6.45) is 3.08. The third-order valence-electron chi connectivity index (χ3n) is 1.21. The molecule has 8 heteroatoms. The number of aromatic nitrogens is 2. The fourth-order valence-corrected chi connectivity index (χ4v) is 1.12. The van der Waals surface area contributed by atoms with Crippen LogP contribution >= 0.6 is 7.82 Å². The summed E-state index contributed by atoms with van der Waals surface area (Å²) in [4.78, 5) is 20.7. The first-order valence-electron chi connectivity index (χ1n) is 3.50. The van der Waals surface area contributed by atoms with Gasteiger partial charge >= 0.3 is 7.82 Å². The summed E-state index contributed by atoms with van der Waals surface area (Å²) in [5.74, 6) is 0. The van der Waals surface area contributed by atoms with Crippen LogP contribution < -0.4 is 10.4 Å². The molecule has 0 amide bonds. The van der Waals surface area contributed by atoms with Gasteiger partial charge in [0.1, 0.15) is 6.33 Å². The Bertz CT molecular complexity index is 319. The molecule has 0 aliphatic heterocycles. The van der Waals surface area contributed by atoms with Crippen LogP contribution in [-0.2, 0) is 11.0 Å². The van der Waals surface area contributed by atoms with E-state index in [0.29, 0.717) is 18.7 Å². The summed E-state index contributed by atoms with van der Waals surface area (Å²) < 4.78 is 15.4. The summed E-state index contributed by atoms with van der Waals surface area (Å²) >= 11 is 0. The number of imidazole rings is 1. The second kappa shape index (κ2) is 3.89. The van der Waals surface area contributed by atoms with E-state index in [-0.39, 0.29) is 0 Å². The molecular formula is C5H10N3O4P. The minimum atomic E-state index is -4.50. The number of nitrogens with two attached hydrogens (primary N) is 1. The van der Waals surface area contributed by atoms with E-state index in [9.17, 15) is 4.57 Å². The van der Waals surface area contributed by atoms with Gasteiger partial charge in [0.25, 0.3) is 0 Å². The quantitative estimate of drug-likeness (QED) is 0.541. The van der Waals surface area contributed by atoms with Crippen molar-refractivity contribution in [3.63, 3.8) is 0 Å². The summed E-state index contributed by atoms with van der Waals surface area (Å²) in [6.45, 7) is 0.424. The molecular weight excluding hydrogens is 197 g/mol. The molecule has 0 aliphatic carbocycles. The molecule has 1 heterocycles. The van der Waals surface area contributed by atoms with Crippen molar-refractivity contribution in [3.05, 3.63) is 18.2 Å². The van der Waals surface area contributed by atoms with Gasteiger partial charge < -0.3 is 10.4 Å². The van der Waals surface area contributed by atoms with Crippen LogP contribution in [0.2, 0.25) is 0 Å². The SMILES string of the molecule is NCCc1cn(OP(=O)(O)O)cn1. The molecule has 74 valence electrons. The zero-order chi connectivity index (χ0) is 9.90. The van der Waals surface area contributed by atoms with Crippen molar-refractivity contribution in [1.82, 2.24) is 9.71 Å². The van der Waals surface area contributed by atoms with Crippen LogP contribution in [0.4, 0.5) is 0 Å². The lowest BCUT2D eigenvalue weighted by atomic mass is 10.3. The smallest absolute Gasteiger partial charge is 0.330 e. The fourth-order valence-electron chi connectivity index (χ4n) is 0.789. The summed E-state index contributed by atoms with van der Waals surface area (Å²) in [6, 6.07) is 0. The van der Waals surface area contributed by atoms with Gasteiger partial charge in [-0.3, -0.25) is 9.79 Å². The van der Waals surface area contributed by atoms with Crippen LogP contribution in [0.3, 0.4) is 0 Å². The Kier molecular flexibility index (Phi) is 3.05. The normalized spacial score (nSPS) is 11.6. The molecule has 0 aromatic carbocycles. The molecule has 0 saturated carbocycles. The minimum Gasteiger partial charge on any atom is -0.330 e. The lowest BCUT2D eigenvalue weighted by Crippen LogP contribution is -2.06. The molecule has 0 fully saturated rings. The topological polar surface area (TPSA) is 111 Å². The first kappa shape index (κ1) is 10.2. The predicted molar refractivity (Wildman–Crippen MR) is 43.6 cm³/mol. The van der Waals surface area contributed by atoms with Crippen molar-refractivity contribution in [2.45, 2.75) is 6.42 Å². The van der Waals surface area contributed by atoms with Gasteiger partial charge in [-0.05, 0) is 6.54 Å². The molecule has 13 heavy (non-hydrogen) atoms. The largest absolute Gasteiger partial charge is 0.543 e. The Balaban J connectivity index is 2.64. The minimum absolute atomic E-state index is 0.424. The molecule has 1 rings (SSSR count). The Morgan fingerprint density at radius 3 is 2.92 bits per heavy atom. The zero-order valence-corrected chi connectivity index (χ0v) is 7.59. The van der Waals surface area contributed by atoms with Gasteiger partial charge in [-0.1, -0.05) is 0 Å². The third kappa shape index (κ3) is 3.56. The van der Waals surface area contributed by atoms with Gasteiger partial charge in [-0.25, -0.2) is 9.55 Å². The molecule has 0 bridgehead atoms. The molecule has 0 radical (unpaired) electrons. The van der Waals surface area contributed by atoms with E-state index in [0.717, 1.165) is 4.73 Å². The van der Waals surface area contributed by atoms with E-state index in [1.807, 2.05) is 0 Å². The number of hydrogen-bond acceptors (Lipinski definition) is 4. The lowest BCUT2D eigenvalue weighted by molar-refractivity contribution is 0.177. The Labute approximate surface area is 74.3 Å². The Hall–Kier alpha value is -0.880. The number of hydrogen-bond donors (Lipinski definition) is 3. The van der Waals surface area contributed by atoms with Crippen LogP contribution in [-0.4, -0.2) is 26.0 Å². The van der Waals surface area contributed by atoms with Crippen molar-refractivity contribution in [2.24, 2.45) is 5.73 Å². The summed E-state index contributed by atoms with van der Waals surface area (Å²) in [5, 5.41) is 0. The third-order valence-corrected chi connectivity index (χ3v) is 1.62. The van der Waals surface area contributed by atoms with Crippen molar-refractivity contribution in [3.8, 4) is 0 Å². The first-order chi connectivity index (χ1) is 6.01. The highest BCUT2D eigenvalue weighted by Crippen LogP contribution is 2.31. The maximum Gasteiger partial charge on any atom is 0.543 e. The molecule has 7 nitrogen and oxygen atoms in total. The lowest BCUT2D eigenvalue weighted by Gasteiger charge is -2.04. The monoisotopic (exact) mass is 207 g/mol. The van der Waals surface area contributed by atoms with Crippen molar-refractivity contribution >= 4 is 7.82 Å². The Morgan fingerprint density at radius 1 is 1.69 bits per heavy atom. The van der Waals surface area contributed by atoms with Crippen molar-refractivity contribution in [1.29, 1.82) is 0 Å². The second-order valence-electron chi connectivity index (χ2n) is 2.34. The van der Waals surface area contributed by atoms with Crippen LogP contribution in [0.5, 0.6) is 0 Å². The Morgan fingerprint density at radius 2 is 2.38 bits per heavy atom. The average molecular weight is 207 g/mol. The second-order valence-corrected chi connectivity index (χ2v) is 3.48. The van der Waals surface area contributed by atoms with Gasteiger partial charge in [-0.2, -0.15) is 4.73 Å². The predicted octanol–water partition coefficient (Wildman–Crippen LogP) is -1.09. The van der Waals surface area contributed by atoms with Crippen LogP contribution in [0, 0.1) is 0 Å². The van der Waals surface area contributed by atoms with Crippen LogP contribution in [0.25, 0.3) is 0 Å². The van der Waals surface area contributed by atoms with Crippen molar-refractivity contribution < 1.29 is 19.0 Å². The maximum atomic E-state index is 10.4. The zero-order valence-electron chi connectivity index (χ0n) is 6.70. The highest BCUT2D eigenvalue weighted by atomic mass is 31.2. The number of rotatable bonds is 4. The highest BCUT2D eigenvalue weighted by Gasteiger charge is 2.16. The standard InChI is InChI=1S/C5H10N3O4P/c6-2-1-5-3-8(4-7-5)12-13(9,10)11/h3-4H,1-2,6H2,(H2,9,10,11). The number of nitrogens with zero attached hydrogens (tertiary/aromatic N) is 2. The van der Waals surface area contributed by atoms with Gasteiger partial charge in [0.15, 0.2) is 0 Å². The first-order valence-corrected chi connectivity index (χ1v) is 5.03. The molecule has 0 atom stereocenters. The maximum absolute atomic E-state index is 10.4. The van der Waals surface area contributed by atoms with Gasteiger partial charge in [0.05, 0.1) is 11.9 Å². The van der Waals surface area contributed by atoms with E-state index in [2.05, 4.69) is 9.61 Å². The van der Waals surface area contributed by atoms with E-state index in [4.69, 9.17) is 15.5 Å². The molecule has 0 aliphatic rings. The van der Waals surface area contributed by atoms with Crippen LogP contribution in [0.1, 0.15) is 5.69 Å². The van der Waals surface area contributed by atoms with Gasteiger partial charge in [-0.15, -0.1) is 0 Å². The molecule has 0 saturated heterocycles.